The van der Waals surface area contributed by atoms with E-state index < -0.39 is 0 Å². The van der Waals surface area contributed by atoms with Gasteiger partial charge in [0.25, 0.3) is 0 Å². The standard InChI is InChI=1S/C17H23N3O/c1-4-8-20-17(16-12-18-9-10-19-16)14-6-5-7-15(11-14)21-13(2)3/h5-7,9-13,17,20H,4,8H2,1-3H3. The summed E-state index contributed by atoms with van der Waals surface area (Å²) in [7, 11) is 0. The minimum absolute atomic E-state index is 0.0364. The Kier molecular flexibility index (Phi) is 5.69. The van der Waals surface area contributed by atoms with Gasteiger partial charge in [0.15, 0.2) is 0 Å². The van der Waals surface area contributed by atoms with E-state index in [0.29, 0.717) is 0 Å². The van der Waals surface area contributed by atoms with E-state index in [1.54, 1.807) is 12.4 Å². The van der Waals surface area contributed by atoms with Gasteiger partial charge in [0.05, 0.1) is 24.0 Å². The summed E-state index contributed by atoms with van der Waals surface area (Å²) in [6, 6.07) is 8.20. The van der Waals surface area contributed by atoms with Crippen LogP contribution in [0.3, 0.4) is 0 Å². The van der Waals surface area contributed by atoms with Crippen molar-refractivity contribution < 1.29 is 4.74 Å². The largest absolute Gasteiger partial charge is 0.491 e. The van der Waals surface area contributed by atoms with E-state index in [0.717, 1.165) is 30.0 Å². The van der Waals surface area contributed by atoms with Crippen LogP contribution in [0.25, 0.3) is 0 Å². The Labute approximate surface area is 126 Å². The Bertz CT molecular complexity index is 543. The van der Waals surface area contributed by atoms with E-state index in [1.807, 2.05) is 32.2 Å². The molecular weight excluding hydrogens is 262 g/mol. The number of hydrogen-bond acceptors (Lipinski definition) is 4. The quantitative estimate of drug-likeness (QED) is 0.847. The lowest BCUT2D eigenvalue weighted by Crippen LogP contribution is -2.24. The number of rotatable bonds is 7. The maximum Gasteiger partial charge on any atom is 0.120 e. The molecule has 1 aromatic carbocycles. The first-order valence-electron chi connectivity index (χ1n) is 7.46. The fourth-order valence-corrected chi connectivity index (χ4v) is 2.18. The average molecular weight is 285 g/mol. The lowest BCUT2D eigenvalue weighted by atomic mass is 10.0. The van der Waals surface area contributed by atoms with Crippen molar-refractivity contribution in [2.75, 3.05) is 6.54 Å². The second-order valence-electron chi connectivity index (χ2n) is 5.26. The van der Waals surface area contributed by atoms with Crippen molar-refractivity contribution in [3.05, 3.63) is 54.1 Å². The summed E-state index contributed by atoms with van der Waals surface area (Å²) in [5.41, 5.74) is 2.06. The first-order valence-corrected chi connectivity index (χ1v) is 7.46. The number of aromatic nitrogens is 2. The SMILES string of the molecule is CCCNC(c1cccc(OC(C)C)c1)c1cnccn1. The highest BCUT2D eigenvalue weighted by molar-refractivity contribution is 5.34. The molecule has 0 saturated heterocycles. The molecule has 1 atom stereocenters. The van der Waals surface area contributed by atoms with Gasteiger partial charge in [0.2, 0.25) is 0 Å². The molecule has 1 heterocycles. The first kappa shape index (κ1) is 15.4. The van der Waals surface area contributed by atoms with Crippen LogP contribution in [-0.4, -0.2) is 22.6 Å². The Hall–Kier alpha value is -1.94. The third-order valence-electron chi connectivity index (χ3n) is 3.04. The molecule has 112 valence electrons. The summed E-state index contributed by atoms with van der Waals surface area (Å²) < 4.78 is 5.78. The van der Waals surface area contributed by atoms with Crippen LogP contribution in [0.15, 0.2) is 42.9 Å². The van der Waals surface area contributed by atoms with E-state index in [4.69, 9.17) is 4.74 Å². The third-order valence-corrected chi connectivity index (χ3v) is 3.04. The zero-order chi connectivity index (χ0) is 15.1. The molecule has 2 aromatic rings. The molecule has 0 bridgehead atoms. The summed E-state index contributed by atoms with van der Waals surface area (Å²) in [6.07, 6.45) is 6.46. The summed E-state index contributed by atoms with van der Waals surface area (Å²) in [5, 5.41) is 3.52. The van der Waals surface area contributed by atoms with Gasteiger partial charge in [-0.3, -0.25) is 9.97 Å². The van der Waals surface area contributed by atoms with Crippen molar-refractivity contribution in [3.8, 4) is 5.75 Å². The smallest absolute Gasteiger partial charge is 0.120 e. The van der Waals surface area contributed by atoms with Crippen LogP contribution in [0, 0.1) is 0 Å². The second-order valence-corrected chi connectivity index (χ2v) is 5.26. The monoisotopic (exact) mass is 285 g/mol. The van der Waals surface area contributed by atoms with E-state index in [9.17, 15) is 0 Å². The first-order chi connectivity index (χ1) is 10.2. The maximum atomic E-state index is 5.78. The highest BCUT2D eigenvalue weighted by atomic mass is 16.5. The molecular formula is C17H23N3O. The molecule has 0 spiro atoms. The van der Waals surface area contributed by atoms with Gasteiger partial charge in [-0.15, -0.1) is 0 Å². The Morgan fingerprint density at radius 1 is 1.24 bits per heavy atom. The number of ether oxygens (including phenoxy) is 1. The molecule has 21 heavy (non-hydrogen) atoms. The Balaban J connectivity index is 2.28. The van der Waals surface area contributed by atoms with Crippen LogP contribution < -0.4 is 10.1 Å². The third kappa shape index (κ3) is 4.53. The molecule has 0 aliphatic rings. The van der Waals surface area contributed by atoms with Crippen molar-refractivity contribution in [3.63, 3.8) is 0 Å². The van der Waals surface area contributed by atoms with Crippen LogP contribution in [0.1, 0.15) is 44.5 Å². The highest BCUT2D eigenvalue weighted by Crippen LogP contribution is 2.24. The molecule has 4 nitrogen and oxygen atoms in total. The minimum Gasteiger partial charge on any atom is -0.491 e. The molecule has 0 radical (unpaired) electrons. The van der Waals surface area contributed by atoms with Crippen molar-refractivity contribution in [2.24, 2.45) is 0 Å². The predicted octanol–water partition coefficient (Wildman–Crippen LogP) is 3.35. The van der Waals surface area contributed by atoms with E-state index in [1.165, 1.54) is 0 Å². The molecule has 0 aliphatic heterocycles. The Morgan fingerprint density at radius 2 is 2.10 bits per heavy atom. The zero-order valence-electron chi connectivity index (χ0n) is 12.9. The highest BCUT2D eigenvalue weighted by Gasteiger charge is 2.15. The fraction of sp³-hybridized carbons (Fsp3) is 0.412. The van der Waals surface area contributed by atoms with Crippen LogP contribution in [0.2, 0.25) is 0 Å². The predicted molar refractivity (Wildman–Crippen MR) is 84.4 cm³/mol. The minimum atomic E-state index is 0.0364. The molecule has 0 fully saturated rings. The summed E-state index contributed by atoms with van der Waals surface area (Å²) in [5.74, 6) is 0.884. The van der Waals surface area contributed by atoms with Gasteiger partial charge in [0.1, 0.15) is 5.75 Å². The van der Waals surface area contributed by atoms with Gasteiger partial charge < -0.3 is 10.1 Å². The van der Waals surface area contributed by atoms with Crippen LogP contribution >= 0.6 is 0 Å². The van der Waals surface area contributed by atoms with Crippen molar-refractivity contribution in [2.45, 2.75) is 39.3 Å². The van der Waals surface area contributed by atoms with Crippen molar-refractivity contribution in [1.29, 1.82) is 0 Å². The van der Waals surface area contributed by atoms with E-state index in [-0.39, 0.29) is 12.1 Å². The molecule has 0 aliphatic carbocycles. The van der Waals surface area contributed by atoms with Crippen LogP contribution in [0.4, 0.5) is 0 Å². The zero-order valence-corrected chi connectivity index (χ0v) is 12.9. The molecule has 1 unspecified atom stereocenters. The van der Waals surface area contributed by atoms with Gasteiger partial charge in [-0.2, -0.15) is 0 Å². The summed E-state index contributed by atoms with van der Waals surface area (Å²) >= 11 is 0. The fourth-order valence-electron chi connectivity index (χ4n) is 2.18. The molecule has 0 amide bonds. The van der Waals surface area contributed by atoms with E-state index >= 15 is 0 Å². The number of benzene rings is 1. The van der Waals surface area contributed by atoms with Gasteiger partial charge in [0, 0.05) is 12.4 Å². The van der Waals surface area contributed by atoms with Crippen molar-refractivity contribution >= 4 is 0 Å². The normalized spacial score (nSPS) is 12.4. The lowest BCUT2D eigenvalue weighted by molar-refractivity contribution is 0.242. The topological polar surface area (TPSA) is 47.0 Å². The van der Waals surface area contributed by atoms with Crippen LogP contribution in [0.5, 0.6) is 5.75 Å². The maximum absolute atomic E-state index is 5.78. The summed E-state index contributed by atoms with van der Waals surface area (Å²) in [4.78, 5) is 8.61. The van der Waals surface area contributed by atoms with Crippen LogP contribution in [-0.2, 0) is 0 Å². The van der Waals surface area contributed by atoms with Gasteiger partial charge in [-0.05, 0) is 44.5 Å². The molecule has 2 rings (SSSR count). The molecule has 0 saturated carbocycles. The number of nitrogens with zero attached hydrogens (tertiary/aromatic N) is 2. The Morgan fingerprint density at radius 3 is 2.76 bits per heavy atom. The van der Waals surface area contributed by atoms with E-state index in [2.05, 4.69) is 34.3 Å². The molecule has 4 heteroatoms. The lowest BCUT2D eigenvalue weighted by Gasteiger charge is -2.19. The number of hydrogen-bond donors (Lipinski definition) is 1. The summed E-state index contributed by atoms with van der Waals surface area (Å²) in [6.45, 7) is 7.14. The van der Waals surface area contributed by atoms with Gasteiger partial charge >= 0.3 is 0 Å². The van der Waals surface area contributed by atoms with Crippen molar-refractivity contribution in [1.82, 2.24) is 15.3 Å². The average Bonchev–Trinajstić information content (AvgIpc) is 2.48. The van der Waals surface area contributed by atoms with Gasteiger partial charge in [-0.25, -0.2) is 0 Å². The second kappa shape index (κ2) is 7.74. The van der Waals surface area contributed by atoms with Gasteiger partial charge in [-0.1, -0.05) is 19.1 Å². The molecule has 1 N–H and O–H groups in total. The molecule has 1 aromatic heterocycles. The number of nitrogens with one attached hydrogen (secondary N) is 1.